The molecule has 0 heterocycles. The van der Waals surface area contributed by atoms with Crippen LogP contribution in [0.2, 0.25) is 0 Å². The lowest BCUT2D eigenvalue weighted by Crippen LogP contribution is -2.10. The maximum Gasteiger partial charge on any atom is 0.330 e. The summed E-state index contributed by atoms with van der Waals surface area (Å²) in [4.78, 5) is 10.9. The standard InChI is InChI=1S/C12H13O3/c1-2-6-12(13)15-10-9-14-11-7-4-3-5-8-11/h2,4-8H,9-10H2,1H3. The fourth-order valence-corrected chi connectivity index (χ4v) is 0.954. The second kappa shape index (κ2) is 6.65. The molecule has 0 aliphatic rings. The van der Waals surface area contributed by atoms with Crippen LogP contribution in [0.15, 0.2) is 36.4 Å². The molecule has 1 rings (SSSR count). The van der Waals surface area contributed by atoms with E-state index < -0.39 is 0 Å². The normalized spacial score (nSPS) is 10.2. The van der Waals surface area contributed by atoms with Gasteiger partial charge < -0.3 is 9.47 Å². The highest BCUT2D eigenvalue weighted by atomic mass is 16.6. The van der Waals surface area contributed by atoms with Crippen molar-refractivity contribution in [2.24, 2.45) is 0 Å². The molecule has 0 bridgehead atoms. The Morgan fingerprint density at radius 2 is 2.13 bits per heavy atom. The second-order valence-corrected chi connectivity index (χ2v) is 2.75. The van der Waals surface area contributed by atoms with Gasteiger partial charge in [0, 0.05) is 6.08 Å². The van der Waals surface area contributed by atoms with E-state index in [1.165, 1.54) is 6.08 Å². The maximum atomic E-state index is 10.9. The molecule has 0 saturated carbocycles. The summed E-state index contributed by atoms with van der Waals surface area (Å²) in [6.45, 7) is 2.37. The monoisotopic (exact) mass is 205 g/mol. The summed E-state index contributed by atoms with van der Waals surface area (Å²) >= 11 is 0. The zero-order valence-corrected chi connectivity index (χ0v) is 8.60. The van der Waals surface area contributed by atoms with Crippen molar-refractivity contribution in [3.63, 3.8) is 0 Å². The van der Waals surface area contributed by atoms with Crippen molar-refractivity contribution in [3.8, 4) is 5.75 Å². The summed E-state index contributed by atoms with van der Waals surface area (Å²) in [5.74, 6) is 0.401. The van der Waals surface area contributed by atoms with E-state index in [4.69, 9.17) is 9.47 Å². The molecule has 0 atom stereocenters. The Hall–Kier alpha value is -1.77. The first-order valence-corrected chi connectivity index (χ1v) is 4.71. The lowest BCUT2D eigenvalue weighted by Gasteiger charge is -2.05. The minimum absolute atomic E-state index is 0.252. The molecule has 79 valence electrons. The Kier molecular flexibility index (Phi) is 5.01. The number of allylic oxidation sites excluding steroid dienone is 1. The fraction of sp³-hybridized carbons (Fsp3) is 0.250. The number of hydrogen-bond donors (Lipinski definition) is 0. The Morgan fingerprint density at radius 1 is 1.40 bits per heavy atom. The molecule has 0 saturated heterocycles. The van der Waals surface area contributed by atoms with E-state index in [1.807, 2.05) is 0 Å². The van der Waals surface area contributed by atoms with Gasteiger partial charge in [-0.2, -0.15) is 0 Å². The molecule has 0 aliphatic heterocycles. The lowest BCUT2D eigenvalue weighted by molar-refractivity contribution is -0.138. The summed E-state index contributed by atoms with van der Waals surface area (Å²) in [7, 11) is 0. The zero-order valence-electron chi connectivity index (χ0n) is 8.60. The molecule has 0 fully saturated rings. The smallest absolute Gasteiger partial charge is 0.330 e. The highest BCUT2D eigenvalue weighted by molar-refractivity contribution is 5.81. The van der Waals surface area contributed by atoms with Crippen LogP contribution >= 0.6 is 0 Å². The molecule has 0 spiro atoms. The molecule has 0 amide bonds. The third kappa shape index (κ3) is 4.86. The Balaban J connectivity index is 2.15. The van der Waals surface area contributed by atoms with E-state index in [0.29, 0.717) is 6.61 Å². The van der Waals surface area contributed by atoms with E-state index in [9.17, 15) is 4.79 Å². The first-order chi connectivity index (χ1) is 7.33. The lowest BCUT2D eigenvalue weighted by atomic mass is 10.3. The Labute approximate surface area is 89.3 Å². The number of esters is 1. The van der Waals surface area contributed by atoms with Crippen LogP contribution in [0, 0.1) is 6.07 Å². The van der Waals surface area contributed by atoms with Gasteiger partial charge in [-0.15, -0.1) is 0 Å². The predicted molar refractivity (Wildman–Crippen MR) is 56.5 cm³/mol. The van der Waals surface area contributed by atoms with E-state index in [0.717, 1.165) is 5.75 Å². The second-order valence-electron chi connectivity index (χ2n) is 2.75. The van der Waals surface area contributed by atoms with Crippen LogP contribution in [-0.4, -0.2) is 19.2 Å². The summed E-state index contributed by atoms with van der Waals surface area (Å²) in [6.07, 6.45) is 3.01. The molecule has 3 nitrogen and oxygen atoms in total. The minimum Gasteiger partial charge on any atom is -0.490 e. The van der Waals surface area contributed by atoms with Crippen molar-refractivity contribution in [2.75, 3.05) is 13.2 Å². The summed E-state index contributed by atoms with van der Waals surface area (Å²) in [5.41, 5.74) is 0. The first-order valence-electron chi connectivity index (χ1n) is 4.71. The molecule has 1 aromatic carbocycles. The minimum atomic E-state index is -0.345. The van der Waals surface area contributed by atoms with Gasteiger partial charge in [0.25, 0.3) is 0 Å². The van der Waals surface area contributed by atoms with E-state index in [1.54, 1.807) is 37.3 Å². The highest BCUT2D eigenvalue weighted by Gasteiger charge is 1.96. The van der Waals surface area contributed by atoms with Gasteiger partial charge in [0.05, 0.1) is 0 Å². The van der Waals surface area contributed by atoms with Crippen molar-refractivity contribution < 1.29 is 14.3 Å². The van der Waals surface area contributed by atoms with Crippen molar-refractivity contribution in [3.05, 3.63) is 42.5 Å². The number of ether oxygens (including phenoxy) is 2. The van der Waals surface area contributed by atoms with Crippen molar-refractivity contribution in [2.45, 2.75) is 6.92 Å². The number of carbonyl (C=O) groups is 1. The molecule has 0 N–H and O–H groups in total. The number of rotatable bonds is 5. The van der Waals surface area contributed by atoms with Gasteiger partial charge in [0.15, 0.2) is 0 Å². The number of carbonyl (C=O) groups excluding carboxylic acids is 1. The van der Waals surface area contributed by atoms with E-state index >= 15 is 0 Å². The largest absolute Gasteiger partial charge is 0.490 e. The van der Waals surface area contributed by atoms with Crippen LogP contribution in [-0.2, 0) is 9.53 Å². The molecule has 1 radical (unpaired) electrons. The van der Waals surface area contributed by atoms with Crippen LogP contribution in [0.5, 0.6) is 5.75 Å². The Bertz CT molecular complexity index is 317. The third-order valence-corrected chi connectivity index (χ3v) is 1.59. The summed E-state index contributed by atoms with van der Waals surface area (Å²) in [6, 6.07) is 10.0. The molecule has 0 aliphatic carbocycles. The topological polar surface area (TPSA) is 35.5 Å². The number of hydrogen-bond acceptors (Lipinski definition) is 3. The zero-order chi connectivity index (χ0) is 10.9. The SMILES string of the molecule is CC=CC(=O)OCCOc1cc[c]cc1. The molecule has 0 aromatic heterocycles. The Morgan fingerprint density at radius 3 is 2.80 bits per heavy atom. The molecule has 15 heavy (non-hydrogen) atoms. The summed E-state index contributed by atoms with van der Waals surface area (Å²) in [5, 5.41) is 0. The molecule has 0 unspecified atom stereocenters. The van der Waals surface area contributed by atoms with Gasteiger partial charge in [-0.1, -0.05) is 18.2 Å². The molecular formula is C12H13O3. The van der Waals surface area contributed by atoms with Crippen LogP contribution in [0.25, 0.3) is 0 Å². The molecular weight excluding hydrogens is 192 g/mol. The van der Waals surface area contributed by atoms with Gasteiger partial charge in [0.2, 0.25) is 0 Å². The van der Waals surface area contributed by atoms with Crippen molar-refractivity contribution >= 4 is 5.97 Å². The third-order valence-electron chi connectivity index (χ3n) is 1.59. The van der Waals surface area contributed by atoms with Crippen molar-refractivity contribution in [1.29, 1.82) is 0 Å². The van der Waals surface area contributed by atoms with Crippen molar-refractivity contribution in [1.82, 2.24) is 0 Å². The average molecular weight is 205 g/mol. The average Bonchev–Trinajstić information content (AvgIpc) is 2.26. The first kappa shape index (κ1) is 11.3. The maximum absolute atomic E-state index is 10.9. The highest BCUT2D eigenvalue weighted by Crippen LogP contribution is 2.07. The van der Waals surface area contributed by atoms with Crippen LogP contribution in [0.4, 0.5) is 0 Å². The van der Waals surface area contributed by atoms with E-state index in [-0.39, 0.29) is 12.6 Å². The van der Waals surface area contributed by atoms with Crippen LogP contribution < -0.4 is 4.74 Å². The quantitative estimate of drug-likeness (QED) is 0.419. The van der Waals surface area contributed by atoms with Gasteiger partial charge in [0.1, 0.15) is 19.0 Å². The van der Waals surface area contributed by atoms with Crippen LogP contribution in [0.3, 0.4) is 0 Å². The van der Waals surface area contributed by atoms with Gasteiger partial charge >= 0.3 is 5.97 Å². The van der Waals surface area contributed by atoms with Gasteiger partial charge in [-0.3, -0.25) is 0 Å². The fourth-order valence-electron chi connectivity index (χ4n) is 0.954. The van der Waals surface area contributed by atoms with Gasteiger partial charge in [-0.25, -0.2) is 4.79 Å². The van der Waals surface area contributed by atoms with E-state index in [2.05, 4.69) is 6.07 Å². The summed E-state index contributed by atoms with van der Waals surface area (Å²) < 4.78 is 10.2. The van der Waals surface area contributed by atoms with Gasteiger partial charge in [-0.05, 0) is 25.1 Å². The molecule has 3 heteroatoms. The van der Waals surface area contributed by atoms with Crippen LogP contribution in [0.1, 0.15) is 6.92 Å². The predicted octanol–water partition coefficient (Wildman–Crippen LogP) is 1.98. The number of benzene rings is 1. The molecule has 1 aromatic rings.